The average Bonchev–Trinajstić information content (AvgIpc) is 2.55. The summed E-state index contributed by atoms with van der Waals surface area (Å²) in [6.07, 6.45) is 6.95. The number of hydrogen-bond acceptors (Lipinski definition) is 3. The van der Waals surface area contributed by atoms with Crippen molar-refractivity contribution in [1.29, 1.82) is 0 Å². The lowest BCUT2D eigenvalue weighted by Gasteiger charge is -2.23. The number of carbonyl (C=O) groups excluding carboxylic acids is 2. The van der Waals surface area contributed by atoms with Crippen LogP contribution in [0, 0.1) is 0 Å². The van der Waals surface area contributed by atoms with Crippen LogP contribution < -0.4 is 10.6 Å². The summed E-state index contributed by atoms with van der Waals surface area (Å²) < 4.78 is 0. The maximum atomic E-state index is 12.4. The number of rotatable bonds is 5. The van der Waals surface area contributed by atoms with E-state index in [2.05, 4.69) is 10.6 Å². The number of halogens is 1. The van der Waals surface area contributed by atoms with Crippen molar-refractivity contribution < 1.29 is 19.5 Å². The van der Waals surface area contributed by atoms with Crippen molar-refractivity contribution in [2.45, 2.75) is 38.1 Å². The molecule has 0 unspecified atom stereocenters. The van der Waals surface area contributed by atoms with Gasteiger partial charge in [0.05, 0.1) is 10.6 Å². The van der Waals surface area contributed by atoms with Gasteiger partial charge in [0, 0.05) is 23.9 Å². The zero-order chi connectivity index (χ0) is 17.5. The number of benzene rings is 1. The van der Waals surface area contributed by atoms with Gasteiger partial charge in [0.15, 0.2) is 0 Å². The Balaban J connectivity index is 2.05. The minimum Gasteiger partial charge on any atom is -0.478 e. The van der Waals surface area contributed by atoms with E-state index in [1.54, 1.807) is 6.07 Å². The highest BCUT2D eigenvalue weighted by molar-refractivity contribution is 6.34. The lowest BCUT2D eigenvalue weighted by Crippen LogP contribution is -2.36. The van der Waals surface area contributed by atoms with Gasteiger partial charge in [-0.1, -0.05) is 30.9 Å². The van der Waals surface area contributed by atoms with E-state index in [9.17, 15) is 14.4 Å². The molecule has 2 rings (SSSR count). The summed E-state index contributed by atoms with van der Waals surface area (Å²) in [5.74, 6) is -2.09. The molecule has 1 fully saturated rings. The zero-order valence-corrected chi connectivity index (χ0v) is 13.8. The third-order valence-corrected chi connectivity index (χ3v) is 4.13. The SMILES string of the molecule is O=C(O)/C=C/C(=O)Nc1ccc(Cl)c(C(=O)NC2CCCCC2)c1. The maximum Gasteiger partial charge on any atom is 0.328 e. The maximum absolute atomic E-state index is 12.4. The van der Waals surface area contributed by atoms with Crippen LogP contribution in [0.15, 0.2) is 30.4 Å². The summed E-state index contributed by atoms with van der Waals surface area (Å²) in [5.41, 5.74) is 0.649. The summed E-state index contributed by atoms with van der Waals surface area (Å²) in [5, 5.41) is 14.3. The molecular formula is C17H19ClN2O4. The lowest BCUT2D eigenvalue weighted by molar-refractivity contribution is -0.131. The number of anilines is 1. The summed E-state index contributed by atoms with van der Waals surface area (Å²) in [6, 6.07) is 4.70. The molecule has 0 radical (unpaired) electrons. The van der Waals surface area contributed by atoms with Crippen LogP contribution in [0.4, 0.5) is 5.69 Å². The second-order valence-electron chi connectivity index (χ2n) is 5.66. The Labute approximate surface area is 144 Å². The fourth-order valence-electron chi connectivity index (χ4n) is 2.62. The molecule has 0 aromatic heterocycles. The van der Waals surface area contributed by atoms with Crippen molar-refractivity contribution in [3.63, 3.8) is 0 Å². The molecule has 1 aromatic rings. The van der Waals surface area contributed by atoms with Crippen LogP contribution in [0.2, 0.25) is 5.02 Å². The van der Waals surface area contributed by atoms with Gasteiger partial charge < -0.3 is 15.7 Å². The normalized spacial score (nSPS) is 15.2. The van der Waals surface area contributed by atoms with Crippen LogP contribution in [-0.4, -0.2) is 28.9 Å². The van der Waals surface area contributed by atoms with Crippen LogP contribution >= 0.6 is 11.6 Å². The zero-order valence-electron chi connectivity index (χ0n) is 13.0. The minimum absolute atomic E-state index is 0.152. The molecule has 0 bridgehead atoms. The van der Waals surface area contributed by atoms with Crippen LogP contribution in [0.3, 0.4) is 0 Å². The van der Waals surface area contributed by atoms with E-state index in [0.717, 1.165) is 37.8 Å². The molecule has 1 aromatic carbocycles. The molecule has 0 saturated heterocycles. The fraction of sp³-hybridized carbons (Fsp3) is 0.353. The van der Waals surface area contributed by atoms with E-state index in [1.165, 1.54) is 18.6 Å². The number of aliphatic carboxylic acids is 1. The van der Waals surface area contributed by atoms with Crippen molar-refractivity contribution in [2.75, 3.05) is 5.32 Å². The van der Waals surface area contributed by atoms with Gasteiger partial charge in [-0.05, 0) is 31.0 Å². The van der Waals surface area contributed by atoms with E-state index in [1.807, 2.05) is 0 Å². The number of hydrogen-bond donors (Lipinski definition) is 3. The third kappa shape index (κ3) is 5.38. The highest BCUT2D eigenvalue weighted by atomic mass is 35.5. The monoisotopic (exact) mass is 350 g/mol. The largest absolute Gasteiger partial charge is 0.478 e. The van der Waals surface area contributed by atoms with E-state index in [0.29, 0.717) is 10.7 Å². The van der Waals surface area contributed by atoms with E-state index in [-0.39, 0.29) is 17.5 Å². The van der Waals surface area contributed by atoms with Gasteiger partial charge in [0.25, 0.3) is 5.91 Å². The Hall–Kier alpha value is -2.34. The van der Waals surface area contributed by atoms with E-state index >= 15 is 0 Å². The van der Waals surface area contributed by atoms with E-state index in [4.69, 9.17) is 16.7 Å². The van der Waals surface area contributed by atoms with Gasteiger partial charge in [-0.3, -0.25) is 9.59 Å². The van der Waals surface area contributed by atoms with Crippen molar-refractivity contribution in [3.05, 3.63) is 40.9 Å². The summed E-state index contributed by atoms with van der Waals surface area (Å²) in [7, 11) is 0. The predicted octanol–water partition coefficient (Wildman–Crippen LogP) is 2.98. The van der Waals surface area contributed by atoms with Gasteiger partial charge in [-0.2, -0.15) is 0 Å². The molecule has 1 aliphatic rings. The predicted molar refractivity (Wildman–Crippen MR) is 91.2 cm³/mol. The third-order valence-electron chi connectivity index (χ3n) is 3.80. The molecule has 0 spiro atoms. The summed E-state index contributed by atoms with van der Waals surface area (Å²) >= 11 is 6.08. The van der Waals surface area contributed by atoms with Gasteiger partial charge in [0.1, 0.15) is 0 Å². The average molecular weight is 351 g/mol. The Morgan fingerprint density at radius 1 is 1.12 bits per heavy atom. The molecule has 0 aliphatic heterocycles. The molecule has 24 heavy (non-hydrogen) atoms. The van der Waals surface area contributed by atoms with Crippen LogP contribution in [0.1, 0.15) is 42.5 Å². The van der Waals surface area contributed by atoms with Gasteiger partial charge >= 0.3 is 5.97 Å². The first kappa shape index (κ1) is 18.0. The van der Waals surface area contributed by atoms with Gasteiger partial charge in [0.2, 0.25) is 5.91 Å². The second kappa shape index (κ2) is 8.49. The smallest absolute Gasteiger partial charge is 0.328 e. The molecule has 0 heterocycles. The van der Waals surface area contributed by atoms with Crippen molar-refractivity contribution in [3.8, 4) is 0 Å². The Morgan fingerprint density at radius 2 is 1.83 bits per heavy atom. The number of carboxylic acid groups (broad SMARTS) is 1. The first-order chi connectivity index (χ1) is 11.5. The first-order valence-electron chi connectivity index (χ1n) is 7.78. The molecule has 1 saturated carbocycles. The number of nitrogens with one attached hydrogen (secondary N) is 2. The Bertz CT molecular complexity index is 667. The molecule has 0 atom stereocenters. The number of amides is 2. The Kier molecular flexibility index (Phi) is 6.37. The molecule has 6 nitrogen and oxygen atoms in total. The van der Waals surface area contributed by atoms with Crippen LogP contribution in [-0.2, 0) is 9.59 Å². The number of carboxylic acids is 1. The fourth-order valence-corrected chi connectivity index (χ4v) is 2.82. The van der Waals surface area contributed by atoms with Crippen LogP contribution in [0.25, 0.3) is 0 Å². The van der Waals surface area contributed by atoms with Crippen molar-refractivity contribution in [2.24, 2.45) is 0 Å². The van der Waals surface area contributed by atoms with Crippen molar-refractivity contribution >= 4 is 35.1 Å². The molecule has 7 heteroatoms. The standard InChI is InChI=1S/C17H19ClN2O4/c18-14-7-6-12(19-15(21)8-9-16(22)23)10-13(14)17(24)20-11-4-2-1-3-5-11/h6-11H,1-5H2,(H,19,21)(H,20,24)(H,22,23)/b9-8+. The lowest BCUT2D eigenvalue weighted by atomic mass is 9.95. The summed E-state index contributed by atoms with van der Waals surface area (Å²) in [4.78, 5) is 34.4. The van der Waals surface area contributed by atoms with Crippen molar-refractivity contribution in [1.82, 2.24) is 5.32 Å². The molecule has 128 valence electrons. The topological polar surface area (TPSA) is 95.5 Å². The molecule has 3 N–H and O–H groups in total. The van der Waals surface area contributed by atoms with E-state index < -0.39 is 11.9 Å². The minimum atomic E-state index is -1.21. The molecule has 1 aliphatic carbocycles. The Morgan fingerprint density at radius 3 is 2.50 bits per heavy atom. The number of carbonyl (C=O) groups is 3. The molecule has 2 amide bonds. The molecular weight excluding hydrogens is 332 g/mol. The van der Waals surface area contributed by atoms with Gasteiger partial charge in [-0.15, -0.1) is 0 Å². The van der Waals surface area contributed by atoms with Crippen LogP contribution in [0.5, 0.6) is 0 Å². The summed E-state index contributed by atoms with van der Waals surface area (Å²) in [6.45, 7) is 0. The quantitative estimate of drug-likeness (QED) is 0.711. The second-order valence-corrected chi connectivity index (χ2v) is 6.07. The first-order valence-corrected chi connectivity index (χ1v) is 8.16. The van der Waals surface area contributed by atoms with Gasteiger partial charge in [-0.25, -0.2) is 4.79 Å². The highest BCUT2D eigenvalue weighted by Crippen LogP contribution is 2.22. The highest BCUT2D eigenvalue weighted by Gasteiger charge is 2.18.